The number of aryl methyl sites for hydroxylation is 1. The van der Waals surface area contributed by atoms with Gasteiger partial charge in [-0.2, -0.15) is 0 Å². The van der Waals surface area contributed by atoms with Crippen LogP contribution < -0.4 is 0 Å². The average Bonchev–Trinajstić information content (AvgIpc) is 2.33. The van der Waals surface area contributed by atoms with Gasteiger partial charge in [-0.3, -0.25) is 4.79 Å². The molecule has 1 amide bonds. The zero-order chi connectivity index (χ0) is 13.5. The lowest BCUT2D eigenvalue weighted by Gasteiger charge is -2.22. The van der Waals surface area contributed by atoms with Crippen molar-refractivity contribution in [2.45, 2.75) is 6.92 Å². The molecule has 0 bridgehead atoms. The number of methoxy groups -OCH3 is 1. The number of rotatable bonds is 6. The number of benzene rings is 1. The molecule has 0 radical (unpaired) electrons. The molecular formula is C13H18BrNO3. The Morgan fingerprint density at radius 1 is 1.44 bits per heavy atom. The van der Waals surface area contributed by atoms with Crippen molar-refractivity contribution in [3.63, 3.8) is 0 Å². The Hall–Kier alpha value is -1.07. The van der Waals surface area contributed by atoms with Crippen LogP contribution in [0.15, 0.2) is 18.2 Å². The molecule has 0 aliphatic rings. The molecule has 0 fully saturated rings. The molecule has 1 N–H and O–H groups in total. The summed E-state index contributed by atoms with van der Waals surface area (Å²) in [5.74, 6) is -0.152. The summed E-state index contributed by atoms with van der Waals surface area (Å²) >= 11 is 3.32. The first-order valence-corrected chi connectivity index (χ1v) is 6.86. The predicted molar refractivity (Wildman–Crippen MR) is 74.4 cm³/mol. The molecule has 100 valence electrons. The Kier molecular flexibility index (Phi) is 6.15. The van der Waals surface area contributed by atoms with Gasteiger partial charge in [0.1, 0.15) is 5.75 Å². The molecule has 0 unspecified atom stereocenters. The van der Waals surface area contributed by atoms with E-state index in [0.29, 0.717) is 30.6 Å². The molecule has 0 atom stereocenters. The monoisotopic (exact) mass is 315 g/mol. The number of hydrogen-bond acceptors (Lipinski definition) is 3. The summed E-state index contributed by atoms with van der Waals surface area (Å²) in [6, 6.07) is 5.06. The maximum absolute atomic E-state index is 12.3. The van der Waals surface area contributed by atoms with Crippen LogP contribution in [-0.2, 0) is 4.74 Å². The first-order chi connectivity index (χ1) is 8.60. The van der Waals surface area contributed by atoms with E-state index in [1.165, 1.54) is 0 Å². The number of alkyl halides is 1. The summed E-state index contributed by atoms with van der Waals surface area (Å²) < 4.78 is 4.98. The first kappa shape index (κ1) is 15.0. The van der Waals surface area contributed by atoms with E-state index in [0.717, 1.165) is 5.56 Å². The summed E-state index contributed by atoms with van der Waals surface area (Å²) in [6.45, 7) is 3.43. The molecule has 0 saturated heterocycles. The number of amides is 1. The lowest BCUT2D eigenvalue weighted by Crippen LogP contribution is -2.35. The summed E-state index contributed by atoms with van der Waals surface area (Å²) in [6.07, 6.45) is 0. The number of hydrogen-bond donors (Lipinski definition) is 1. The number of aromatic hydroxyl groups is 1. The Bertz CT molecular complexity index is 409. The minimum atomic E-state index is -0.177. The summed E-state index contributed by atoms with van der Waals surface area (Å²) in [4.78, 5) is 13.9. The highest BCUT2D eigenvalue weighted by atomic mass is 79.9. The molecule has 1 rings (SSSR count). The van der Waals surface area contributed by atoms with Crippen LogP contribution in [0.1, 0.15) is 15.9 Å². The van der Waals surface area contributed by atoms with E-state index >= 15 is 0 Å². The maximum atomic E-state index is 12.3. The number of phenolic OH excluding ortho intramolecular Hbond substituents is 1. The van der Waals surface area contributed by atoms with Gasteiger partial charge in [0.25, 0.3) is 5.91 Å². The number of halogens is 1. The van der Waals surface area contributed by atoms with Gasteiger partial charge in [-0.05, 0) is 24.6 Å². The molecule has 4 nitrogen and oxygen atoms in total. The zero-order valence-electron chi connectivity index (χ0n) is 10.6. The molecule has 1 aromatic carbocycles. The fourth-order valence-corrected chi connectivity index (χ4v) is 2.04. The van der Waals surface area contributed by atoms with E-state index < -0.39 is 0 Å². The number of phenols is 1. The second kappa shape index (κ2) is 7.38. The average molecular weight is 316 g/mol. The van der Waals surface area contributed by atoms with Crippen LogP contribution in [0.25, 0.3) is 0 Å². The van der Waals surface area contributed by atoms with Crippen molar-refractivity contribution in [2.75, 3.05) is 32.1 Å². The highest BCUT2D eigenvalue weighted by molar-refractivity contribution is 9.09. The van der Waals surface area contributed by atoms with Gasteiger partial charge in [-0.25, -0.2) is 0 Å². The Balaban J connectivity index is 2.87. The molecule has 0 aliphatic heterocycles. The zero-order valence-corrected chi connectivity index (χ0v) is 12.2. The molecule has 0 aromatic heterocycles. The molecule has 1 aromatic rings. The SMILES string of the molecule is COCCN(CCBr)C(=O)c1ccc(C)cc1O. The topological polar surface area (TPSA) is 49.8 Å². The molecule has 0 spiro atoms. The summed E-state index contributed by atoms with van der Waals surface area (Å²) in [5.41, 5.74) is 1.26. The highest BCUT2D eigenvalue weighted by Gasteiger charge is 2.18. The van der Waals surface area contributed by atoms with Gasteiger partial charge in [-0.1, -0.05) is 22.0 Å². The second-order valence-corrected chi connectivity index (χ2v) is 4.79. The fourth-order valence-electron chi connectivity index (χ4n) is 1.61. The van der Waals surface area contributed by atoms with Crippen molar-refractivity contribution in [1.82, 2.24) is 4.90 Å². The quantitative estimate of drug-likeness (QED) is 0.819. The van der Waals surface area contributed by atoms with Crippen LogP contribution >= 0.6 is 15.9 Å². The van der Waals surface area contributed by atoms with Gasteiger partial charge >= 0.3 is 0 Å². The van der Waals surface area contributed by atoms with Crippen molar-refractivity contribution < 1.29 is 14.6 Å². The summed E-state index contributed by atoms with van der Waals surface area (Å²) in [7, 11) is 1.60. The van der Waals surface area contributed by atoms with E-state index in [-0.39, 0.29) is 11.7 Å². The lowest BCUT2D eigenvalue weighted by atomic mass is 10.1. The molecule has 0 aliphatic carbocycles. The van der Waals surface area contributed by atoms with Crippen LogP contribution in [0.3, 0.4) is 0 Å². The molecule has 5 heteroatoms. The number of carbonyl (C=O) groups is 1. The third kappa shape index (κ3) is 3.99. The van der Waals surface area contributed by atoms with Crippen LogP contribution in [-0.4, -0.2) is 48.0 Å². The number of nitrogens with zero attached hydrogens (tertiary/aromatic N) is 1. The Morgan fingerprint density at radius 3 is 2.72 bits per heavy atom. The fraction of sp³-hybridized carbons (Fsp3) is 0.462. The Morgan fingerprint density at radius 2 is 2.17 bits per heavy atom. The Labute approximate surface area is 116 Å². The molecule has 0 heterocycles. The van der Waals surface area contributed by atoms with E-state index in [9.17, 15) is 9.90 Å². The van der Waals surface area contributed by atoms with E-state index in [1.54, 1.807) is 24.1 Å². The van der Waals surface area contributed by atoms with Crippen LogP contribution in [0.2, 0.25) is 0 Å². The lowest BCUT2D eigenvalue weighted by molar-refractivity contribution is 0.0706. The highest BCUT2D eigenvalue weighted by Crippen LogP contribution is 2.20. The predicted octanol–water partition coefficient (Wildman–Crippen LogP) is 2.18. The van der Waals surface area contributed by atoms with Crippen LogP contribution in [0, 0.1) is 6.92 Å². The number of carbonyl (C=O) groups excluding carboxylic acids is 1. The normalized spacial score (nSPS) is 10.4. The van der Waals surface area contributed by atoms with Crippen molar-refractivity contribution >= 4 is 21.8 Å². The molecule has 0 saturated carbocycles. The summed E-state index contributed by atoms with van der Waals surface area (Å²) in [5, 5.41) is 10.5. The van der Waals surface area contributed by atoms with Gasteiger partial charge in [-0.15, -0.1) is 0 Å². The van der Waals surface area contributed by atoms with E-state index in [2.05, 4.69) is 15.9 Å². The molecule has 18 heavy (non-hydrogen) atoms. The maximum Gasteiger partial charge on any atom is 0.257 e. The third-order valence-corrected chi connectivity index (χ3v) is 2.95. The molecular weight excluding hydrogens is 298 g/mol. The van der Waals surface area contributed by atoms with E-state index in [4.69, 9.17) is 4.74 Å². The van der Waals surface area contributed by atoms with Gasteiger partial charge in [0.15, 0.2) is 0 Å². The number of ether oxygens (including phenoxy) is 1. The first-order valence-electron chi connectivity index (χ1n) is 5.74. The van der Waals surface area contributed by atoms with Gasteiger partial charge in [0.05, 0.1) is 12.2 Å². The smallest absolute Gasteiger partial charge is 0.257 e. The van der Waals surface area contributed by atoms with Crippen molar-refractivity contribution in [3.8, 4) is 5.75 Å². The standard InChI is InChI=1S/C13H18BrNO3/c1-10-3-4-11(12(16)9-10)13(17)15(6-5-14)7-8-18-2/h3-4,9,16H,5-8H2,1-2H3. The largest absolute Gasteiger partial charge is 0.507 e. The van der Waals surface area contributed by atoms with Crippen molar-refractivity contribution in [3.05, 3.63) is 29.3 Å². The van der Waals surface area contributed by atoms with Crippen LogP contribution in [0.5, 0.6) is 5.75 Å². The second-order valence-electron chi connectivity index (χ2n) is 3.99. The van der Waals surface area contributed by atoms with E-state index in [1.807, 2.05) is 13.0 Å². The van der Waals surface area contributed by atoms with Crippen LogP contribution in [0.4, 0.5) is 0 Å². The minimum Gasteiger partial charge on any atom is -0.507 e. The minimum absolute atomic E-state index is 0.0250. The van der Waals surface area contributed by atoms with Crippen molar-refractivity contribution in [1.29, 1.82) is 0 Å². The van der Waals surface area contributed by atoms with Gasteiger partial charge in [0.2, 0.25) is 0 Å². The van der Waals surface area contributed by atoms with Gasteiger partial charge in [0, 0.05) is 25.5 Å². The third-order valence-electron chi connectivity index (χ3n) is 2.59. The van der Waals surface area contributed by atoms with Crippen molar-refractivity contribution in [2.24, 2.45) is 0 Å². The van der Waals surface area contributed by atoms with Gasteiger partial charge < -0.3 is 14.7 Å².